The Morgan fingerprint density at radius 2 is 1.87 bits per heavy atom. The van der Waals surface area contributed by atoms with Crippen molar-refractivity contribution < 1.29 is 44.5 Å². The zero-order valence-electron chi connectivity index (χ0n) is 16.5. The molecule has 14 heteroatoms. The highest BCUT2D eigenvalue weighted by molar-refractivity contribution is 5.73. The smallest absolute Gasteiger partial charge is 0.351 e. The van der Waals surface area contributed by atoms with Crippen molar-refractivity contribution in [3.8, 4) is 0 Å². The van der Waals surface area contributed by atoms with E-state index in [0.717, 1.165) is 4.57 Å². The molecule has 1 aromatic rings. The number of nitrogens with one attached hydrogen (secondary N) is 1. The van der Waals surface area contributed by atoms with Gasteiger partial charge in [-0.05, 0) is 6.07 Å². The molecule has 0 aromatic carbocycles. The topological polar surface area (TPSA) is 219 Å². The van der Waals surface area contributed by atoms with Crippen LogP contribution in [-0.4, -0.2) is 103 Å². The van der Waals surface area contributed by atoms with Gasteiger partial charge in [0.15, 0.2) is 12.5 Å². The average molecular weight is 446 g/mol. The fraction of sp³-hybridized carbons (Fsp3) is 0.706. The van der Waals surface area contributed by atoms with Gasteiger partial charge < -0.3 is 50.8 Å². The molecule has 174 valence electrons. The van der Waals surface area contributed by atoms with E-state index >= 15 is 0 Å². The van der Waals surface area contributed by atoms with Crippen molar-refractivity contribution in [2.24, 2.45) is 0 Å². The third-order valence-electron chi connectivity index (χ3n) is 5.16. The van der Waals surface area contributed by atoms with Crippen LogP contribution >= 0.6 is 0 Å². The first-order valence-electron chi connectivity index (χ1n) is 9.52. The molecule has 3 heterocycles. The molecule has 2 saturated heterocycles. The summed E-state index contributed by atoms with van der Waals surface area (Å²) >= 11 is 0. The number of amides is 1. The highest BCUT2D eigenvalue weighted by Crippen LogP contribution is 2.33. The minimum Gasteiger partial charge on any atom is -0.394 e. The minimum atomic E-state index is -1.56. The predicted molar refractivity (Wildman–Crippen MR) is 100 cm³/mol. The Kier molecular flexibility index (Phi) is 7.23. The molecule has 2 aliphatic rings. The molecule has 9 atom stereocenters. The highest BCUT2D eigenvalue weighted by Gasteiger charge is 2.51. The molecule has 2 fully saturated rings. The molecule has 1 amide bonds. The second-order valence-corrected chi connectivity index (χ2v) is 7.31. The Hall–Kier alpha value is -2.17. The van der Waals surface area contributed by atoms with Gasteiger partial charge >= 0.3 is 5.69 Å². The second-order valence-electron chi connectivity index (χ2n) is 7.31. The molecule has 0 saturated carbocycles. The van der Waals surface area contributed by atoms with Gasteiger partial charge in [0, 0.05) is 13.1 Å². The SMILES string of the molecule is CC(=O)N[C@H]1[C@H](O[C@H]2[C@H](O)[C@H](n3ccc(N)nc3=O)O[C@@H]2CO)O[C@H](CO)[C@@H](O)[C@@H]1O. The lowest BCUT2D eigenvalue weighted by Crippen LogP contribution is -2.65. The number of hydrogen-bond acceptors (Lipinski definition) is 12. The summed E-state index contributed by atoms with van der Waals surface area (Å²) in [5.74, 6) is -0.591. The Labute approximate surface area is 175 Å². The van der Waals surface area contributed by atoms with E-state index in [1.165, 1.54) is 19.2 Å². The predicted octanol–water partition coefficient (Wildman–Crippen LogP) is -4.59. The fourth-order valence-corrected chi connectivity index (χ4v) is 3.63. The maximum atomic E-state index is 12.1. The van der Waals surface area contributed by atoms with Gasteiger partial charge in [0.1, 0.15) is 48.5 Å². The van der Waals surface area contributed by atoms with Gasteiger partial charge in [-0.15, -0.1) is 0 Å². The van der Waals surface area contributed by atoms with E-state index in [9.17, 15) is 35.1 Å². The maximum Gasteiger partial charge on any atom is 0.351 e. The van der Waals surface area contributed by atoms with E-state index in [1.807, 2.05) is 0 Å². The summed E-state index contributed by atoms with van der Waals surface area (Å²) in [7, 11) is 0. The first-order valence-corrected chi connectivity index (χ1v) is 9.52. The van der Waals surface area contributed by atoms with Crippen LogP contribution in [0.2, 0.25) is 0 Å². The van der Waals surface area contributed by atoms with E-state index in [1.54, 1.807) is 0 Å². The van der Waals surface area contributed by atoms with Crippen LogP contribution in [0, 0.1) is 0 Å². The third kappa shape index (κ3) is 4.70. The summed E-state index contributed by atoms with van der Waals surface area (Å²) in [6, 6.07) is 0.0575. The summed E-state index contributed by atoms with van der Waals surface area (Å²) in [4.78, 5) is 27.2. The Morgan fingerprint density at radius 1 is 1.19 bits per heavy atom. The molecular formula is C17H26N4O10. The molecule has 0 spiro atoms. The Bertz CT molecular complexity index is 837. The number of aromatic nitrogens is 2. The van der Waals surface area contributed by atoms with E-state index in [-0.39, 0.29) is 5.82 Å². The van der Waals surface area contributed by atoms with Crippen LogP contribution < -0.4 is 16.7 Å². The van der Waals surface area contributed by atoms with E-state index in [4.69, 9.17) is 19.9 Å². The number of hydrogen-bond donors (Lipinski definition) is 7. The highest BCUT2D eigenvalue weighted by atomic mass is 16.7. The van der Waals surface area contributed by atoms with Crippen molar-refractivity contribution in [3.63, 3.8) is 0 Å². The number of nitrogens with zero attached hydrogens (tertiary/aromatic N) is 2. The number of anilines is 1. The van der Waals surface area contributed by atoms with Crippen molar-refractivity contribution in [2.75, 3.05) is 18.9 Å². The molecule has 2 aliphatic heterocycles. The van der Waals surface area contributed by atoms with E-state index in [0.29, 0.717) is 0 Å². The summed E-state index contributed by atoms with van der Waals surface area (Å²) in [5, 5.41) is 52.7. The first kappa shape index (κ1) is 23.5. The number of nitrogen functional groups attached to an aromatic ring is 1. The monoisotopic (exact) mass is 446 g/mol. The van der Waals surface area contributed by atoms with Crippen LogP contribution in [0.3, 0.4) is 0 Å². The number of nitrogens with two attached hydrogens (primary N) is 1. The molecule has 1 aromatic heterocycles. The van der Waals surface area contributed by atoms with Gasteiger partial charge in [-0.3, -0.25) is 9.36 Å². The molecule has 0 unspecified atom stereocenters. The van der Waals surface area contributed by atoms with Gasteiger partial charge in [0.05, 0.1) is 13.2 Å². The average Bonchev–Trinajstić information content (AvgIpc) is 3.02. The Balaban J connectivity index is 1.85. The largest absolute Gasteiger partial charge is 0.394 e. The van der Waals surface area contributed by atoms with Gasteiger partial charge in [-0.25, -0.2) is 4.79 Å². The molecule has 0 aliphatic carbocycles. The number of rotatable bonds is 6. The van der Waals surface area contributed by atoms with Crippen molar-refractivity contribution in [2.45, 2.75) is 62.1 Å². The van der Waals surface area contributed by atoms with Crippen LogP contribution in [-0.2, 0) is 19.0 Å². The molecule has 31 heavy (non-hydrogen) atoms. The van der Waals surface area contributed by atoms with Gasteiger partial charge in [-0.1, -0.05) is 0 Å². The lowest BCUT2D eigenvalue weighted by molar-refractivity contribution is -0.290. The van der Waals surface area contributed by atoms with Crippen LogP contribution in [0.15, 0.2) is 17.1 Å². The number of carbonyl (C=O) groups is 1. The normalized spacial score (nSPS) is 38.2. The van der Waals surface area contributed by atoms with Gasteiger partial charge in [-0.2, -0.15) is 4.98 Å². The molecule has 0 bridgehead atoms. The number of carbonyl (C=O) groups excluding carboxylic acids is 1. The standard InChI is InChI=1S/C17H26N4O10/c1-6(24)19-10-12(26)11(25)7(4-22)30-16(10)31-14-8(5-23)29-15(13(14)27)21-3-2-9(18)20-17(21)28/h2-3,7-8,10-16,22-23,25-27H,4-5H2,1H3,(H,19,24)(H2,18,20,28)/t7-,8-,10-,11-,12-,13+,14-,15-,16+/m1/s1. The van der Waals surface area contributed by atoms with Gasteiger partial charge in [0.25, 0.3) is 0 Å². The van der Waals surface area contributed by atoms with Crippen molar-refractivity contribution >= 4 is 11.7 Å². The molecule has 3 rings (SSSR count). The lowest BCUT2D eigenvalue weighted by Gasteiger charge is -2.43. The summed E-state index contributed by atoms with van der Waals surface area (Å²) < 4.78 is 17.7. The second kappa shape index (κ2) is 9.54. The molecule has 14 nitrogen and oxygen atoms in total. The van der Waals surface area contributed by atoms with E-state index < -0.39 is 80.0 Å². The zero-order chi connectivity index (χ0) is 22.9. The number of ether oxygens (including phenoxy) is 3. The van der Waals surface area contributed by atoms with Crippen molar-refractivity contribution in [3.05, 3.63) is 22.7 Å². The number of aliphatic hydroxyl groups excluding tert-OH is 5. The van der Waals surface area contributed by atoms with Crippen LogP contribution in [0.5, 0.6) is 0 Å². The van der Waals surface area contributed by atoms with Crippen molar-refractivity contribution in [1.29, 1.82) is 0 Å². The Morgan fingerprint density at radius 3 is 2.45 bits per heavy atom. The van der Waals surface area contributed by atoms with E-state index in [2.05, 4.69) is 10.3 Å². The van der Waals surface area contributed by atoms with Gasteiger partial charge in [0.2, 0.25) is 5.91 Å². The zero-order valence-corrected chi connectivity index (χ0v) is 16.5. The number of aliphatic hydroxyl groups is 5. The van der Waals surface area contributed by atoms with Crippen LogP contribution in [0.1, 0.15) is 13.2 Å². The summed E-state index contributed by atoms with van der Waals surface area (Å²) in [6.45, 7) is -0.0937. The summed E-state index contributed by atoms with van der Waals surface area (Å²) in [5.41, 5.74) is 4.66. The summed E-state index contributed by atoms with van der Waals surface area (Å²) in [6.07, 6.45) is -9.68. The molecule has 0 radical (unpaired) electrons. The minimum absolute atomic E-state index is 0.0309. The first-order chi connectivity index (χ1) is 14.7. The fourth-order valence-electron chi connectivity index (χ4n) is 3.63. The van der Waals surface area contributed by atoms with Crippen LogP contribution in [0.4, 0.5) is 5.82 Å². The quantitative estimate of drug-likeness (QED) is 0.219. The molecular weight excluding hydrogens is 420 g/mol. The third-order valence-corrected chi connectivity index (χ3v) is 5.16. The van der Waals surface area contributed by atoms with Crippen LogP contribution in [0.25, 0.3) is 0 Å². The molecule has 8 N–H and O–H groups in total. The lowest BCUT2D eigenvalue weighted by atomic mass is 9.96. The van der Waals surface area contributed by atoms with Crippen molar-refractivity contribution in [1.82, 2.24) is 14.9 Å². The maximum absolute atomic E-state index is 12.1.